The minimum atomic E-state index is -0.776. The van der Waals surface area contributed by atoms with Crippen LogP contribution in [0.15, 0.2) is 24.3 Å². The minimum Gasteiger partial charge on any atom is -0.481 e. The Morgan fingerprint density at radius 3 is 2.78 bits per heavy atom. The fraction of sp³-hybridized carbons (Fsp3) is 0.357. The summed E-state index contributed by atoms with van der Waals surface area (Å²) in [5.41, 5.74) is 2.09. The Balaban J connectivity index is 2.54. The van der Waals surface area contributed by atoms with Gasteiger partial charge in [0.05, 0.1) is 6.42 Å². The third-order valence-corrected chi connectivity index (χ3v) is 3.35. The number of aromatic nitrogens is 1. The van der Waals surface area contributed by atoms with Crippen molar-refractivity contribution in [3.63, 3.8) is 0 Å². The van der Waals surface area contributed by atoms with Crippen molar-refractivity contribution in [1.82, 2.24) is 4.57 Å². The number of carboxylic acid groups (broad SMARTS) is 1. The Hall–Kier alpha value is -1.48. The number of rotatable bonds is 4. The van der Waals surface area contributed by atoms with E-state index >= 15 is 0 Å². The van der Waals surface area contributed by atoms with E-state index in [-0.39, 0.29) is 12.5 Å². The number of fused-ring (bicyclic) bond motifs is 1. The molecule has 2 rings (SSSR count). The van der Waals surface area contributed by atoms with E-state index in [2.05, 4.69) is 18.4 Å². The number of hydrogen-bond acceptors (Lipinski definition) is 1. The highest BCUT2D eigenvalue weighted by molar-refractivity contribution is 6.35. The zero-order valence-electron chi connectivity index (χ0n) is 10.5. The second-order valence-corrected chi connectivity index (χ2v) is 5.07. The average Bonchev–Trinajstić information content (AvgIpc) is 2.66. The molecule has 0 bridgehead atoms. The lowest BCUT2D eigenvalue weighted by atomic mass is 10.2. The van der Waals surface area contributed by atoms with Crippen molar-refractivity contribution >= 4 is 28.5 Å². The summed E-state index contributed by atoms with van der Waals surface area (Å²) in [7, 11) is 0. The van der Waals surface area contributed by atoms with Gasteiger partial charge in [-0.25, -0.2) is 0 Å². The molecule has 0 unspecified atom stereocenters. The number of carboxylic acids is 1. The summed E-state index contributed by atoms with van der Waals surface area (Å²) >= 11 is 6.18. The first-order valence-corrected chi connectivity index (χ1v) is 6.38. The number of halogens is 1. The Morgan fingerprint density at radius 1 is 1.44 bits per heavy atom. The third-order valence-electron chi connectivity index (χ3n) is 3.02. The molecule has 18 heavy (non-hydrogen) atoms. The predicted molar refractivity (Wildman–Crippen MR) is 73.3 cm³/mol. The summed E-state index contributed by atoms with van der Waals surface area (Å²) in [5, 5.41) is 10.5. The molecule has 0 aliphatic heterocycles. The lowest BCUT2D eigenvalue weighted by molar-refractivity contribution is -0.136. The zero-order valence-corrected chi connectivity index (χ0v) is 11.2. The lowest BCUT2D eigenvalue weighted by Gasteiger charge is -2.14. The molecule has 3 nitrogen and oxygen atoms in total. The average molecular weight is 266 g/mol. The van der Waals surface area contributed by atoms with Gasteiger partial charge in [0, 0.05) is 27.7 Å². The molecule has 0 aliphatic rings. The molecule has 0 aliphatic carbocycles. The molecule has 0 saturated carbocycles. The fourth-order valence-electron chi connectivity index (χ4n) is 2.31. The van der Waals surface area contributed by atoms with Crippen LogP contribution in [0.3, 0.4) is 0 Å². The molecule has 1 heterocycles. The van der Waals surface area contributed by atoms with Crippen molar-refractivity contribution in [1.29, 1.82) is 0 Å². The molecule has 4 heteroatoms. The first-order valence-electron chi connectivity index (χ1n) is 6.01. The van der Waals surface area contributed by atoms with E-state index < -0.39 is 5.97 Å². The Bertz CT molecular complexity index is 587. The van der Waals surface area contributed by atoms with Gasteiger partial charge in [0.25, 0.3) is 0 Å². The van der Waals surface area contributed by atoms with Gasteiger partial charge in [-0.3, -0.25) is 4.79 Å². The number of nitrogens with zero attached hydrogens (tertiary/aromatic N) is 1. The Kier molecular flexibility index (Phi) is 3.62. The standard InChI is InChI=1S/C14H16ClNO2/c1-9(2)16-10(6-7-14(17)18)8-11-12(15)4-3-5-13(11)16/h3-5,8-9H,6-7H2,1-2H3,(H,17,18). The lowest BCUT2D eigenvalue weighted by Crippen LogP contribution is -2.07. The second kappa shape index (κ2) is 5.02. The molecule has 0 amide bonds. The molecular formula is C14H16ClNO2. The van der Waals surface area contributed by atoms with E-state index in [1.165, 1.54) is 0 Å². The third kappa shape index (κ3) is 2.36. The van der Waals surface area contributed by atoms with Gasteiger partial charge in [0.2, 0.25) is 0 Å². The van der Waals surface area contributed by atoms with Crippen LogP contribution in [0.4, 0.5) is 0 Å². The van der Waals surface area contributed by atoms with Crippen molar-refractivity contribution in [3.05, 3.63) is 35.0 Å². The van der Waals surface area contributed by atoms with Gasteiger partial charge in [-0.05, 0) is 38.5 Å². The van der Waals surface area contributed by atoms with Crippen molar-refractivity contribution < 1.29 is 9.90 Å². The molecule has 2 aromatic rings. The minimum absolute atomic E-state index is 0.140. The molecule has 96 valence electrons. The summed E-state index contributed by atoms with van der Waals surface area (Å²) < 4.78 is 2.16. The predicted octanol–water partition coefficient (Wildman–Crippen LogP) is 3.89. The Labute approximate surface area is 111 Å². The van der Waals surface area contributed by atoms with E-state index in [1.807, 2.05) is 24.3 Å². The van der Waals surface area contributed by atoms with Crippen LogP contribution in [0.1, 0.15) is 32.0 Å². The maximum atomic E-state index is 10.7. The summed E-state index contributed by atoms with van der Waals surface area (Å²) in [6.45, 7) is 4.18. The summed E-state index contributed by atoms with van der Waals surface area (Å²) in [6, 6.07) is 8.08. The van der Waals surface area contributed by atoms with Crippen molar-refractivity contribution in [2.24, 2.45) is 0 Å². The number of aliphatic carboxylic acids is 1. The van der Waals surface area contributed by atoms with E-state index in [0.717, 1.165) is 16.6 Å². The van der Waals surface area contributed by atoms with Crippen LogP contribution in [-0.2, 0) is 11.2 Å². The number of carbonyl (C=O) groups is 1. The molecule has 1 N–H and O–H groups in total. The largest absolute Gasteiger partial charge is 0.481 e. The van der Waals surface area contributed by atoms with E-state index in [4.69, 9.17) is 16.7 Å². The summed E-state index contributed by atoms with van der Waals surface area (Å²) in [6.07, 6.45) is 0.666. The van der Waals surface area contributed by atoms with E-state index in [1.54, 1.807) is 0 Å². The molecular weight excluding hydrogens is 250 g/mol. The van der Waals surface area contributed by atoms with Crippen molar-refractivity contribution in [2.75, 3.05) is 0 Å². The van der Waals surface area contributed by atoms with Gasteiger partial charge >= 0.3 is 5.97 Å². The van der Waals surface area contributed by atoms with Crippen LogP contribution >= 0.6 is 11.6 Å². The van der Waals surface area contributed by atoms with Gasteiger partial charge in [-0.15, -0.1) is 0 Å². The quantitative estimate of drug-likeness (QED) is 0.911. The van der Waals surface area contributed by atoms with Gasteiger partial charge in [0.1, 0.15) is 0 Å². The highest BCUT2D eigenvalue weighted by Crippen LogP contribution is 2.30. The van der Waals surface area contributed by atoms with Crippen molar-refractivity contribution in [2.45, 2.75) is 32.7 Å². The van der Waals surface area contributed by atoms with E-state index in [9.17, 15) is 4.79 Å². The Morgan fingerprint density at radius 2 is 2.17 bits per heavy atom. The van der Waals surface area contributed by atoms with Gasteiger partial charge in [-0.2, -0.15) is 0 Å². The molecule has 0 saturated heterocycles. The van der Waals surface area contributed by atoms with E-state index in [0.29, 0.717) is 11.4 Å². The van der Waals surface area contributed by atoms with Crippen LogP contribution < -0.4 is 0 Å². The smallest absolute Gasteiger partial charge is 0.303 e. The van der Waals surface area contributed by atoms with Crippen LogP contribution in [-0.4, -0.2) is 15.6 Å². The first-order chi connectivity index (χ1) is 8.50. The molecule has 0 fully saturated rings. The number of benzene rings is 1. The van der Waals surface area contributed by atoms with Crippen LogP contribution in [0.2, 0.25) is 5.02 Å². The molecule has 0 spiro atoms. The summed E-state index contributed by atoms with van der Waals surface area (Å²) in [5.74, 6) is -0.776. The van der Waals surface area contributed by atoms with Gasteiger partial charge < -0.3 is 9.67 Å². The van der Waals surface area contributed by atoms with Crippen LogP contribution in [0.5, 0.6) is 0 Å². The molecule has 0 atom stereocenters. The highest BCUT2D eigenvalue weighted by Gasteiger charge is 2.13. The van der Waals surface area contributed by atoms with Crippen molar-refractivity contribution in [3.8, 4) is 0 Å². The molecule has 1 aromatic heterocycles. The van der Waals surface area contributed by atoms with Crippen LogP contribution in [0, 0.1) is 0 Å². The molecule has 0 radical (unpaired) electrons. The maximum Gasteiger partial charge on any atom is 0.303 e. The topological polar surface area (TPSA) is 42.2 Å². The SMILES string of the molecule is CC(C)n1c(CCC(=O)O)cc2c(Cl)cccc21. The normalized spacial score (nSPS) is 11.3. The number of aryl methyl sites for hydroxylation is 1. The molecule has 1 aromatic carbocycles. The first kappa shape index (κ1) is 13.0. The number of hydrogen-bond donors (Lipinski definition) is 1. The fourth-order valence-corrected chi connectivity index (χ4v) is 2.53. The van der Waals surface area contributed by atoms with Gasteiger partial charge in [0.15, 0.2) is 0 Å². The summed E-state index contributed by atoms with van der Waals surface area (Å²) in [4.78, 5) is 10.7. The second-order valence-electron chi connectivity index (χ2n) is 4.67. The maximum absolute atomic E-state index is 10.7. The zero-order chi connectivity index (χ0) is 13.3. The monoisotopic (exact) mass is 265 g/mol. The van der Waals surface area contributed by atoms with Crippen LogP contribution in [0.25, 0.3) is 10.9 Å². The van der Waals surface area contributed by atoms with Gasteiger partial charge in [-0.1, -0.05) is 17.7 Å². The highest BCUT2D eigenvalue weighted by atomic mass is 35.5.